The van der Waals surface area contributed by atoms with Crippen molar-refractivity contribution in [1.82, 2.24) is 10.5 Å². The van der Waals surface area contributed by atoms with Crippen LogP contribution in [0.3, 0.4) is 0 Å². The van der Waals surface area contributed by atoms with E-state index in [1.807, 2.05) is 39.0 Å². The summed E-state index contributed by atoms with van der Waals surface area (Å²) < 4.78 is 10.8. The van der Waals surface area contributed by atoms with Crippen molar-refractivity contribution < 1.29 is 9.26 Å². The van der Waals surface area contributed by atoms with Crippen molar-refractivity contribution in [3.05, 3.63) is 47.3 Å². The molecule has 0 saturated carbocycles. The quantitative estimate of drug-likeness (QED) is 0.866. The van der Waals surface area contributed by atoms with Gasteiger partial charge < -0.3 is 14.6 Å². The molecule has 114 valence electrons. The summed E-state index contributed by atoms with van der Waals surface area (Å²) >= 11 is 0. The van der Waals surface area contributed by atoms with Crippen molar-refractivity contribution in [1.29, 1.82) is 0 Å². The number of hydrogen-bond donors (Lipinski definition) is 1. The Hall–Kier alpha value is -1.81. The van der Waals surface area contributed by atoms with Crippen molar-refractivity contribution in [2.75, 3.05) is 0 Å². The zero-order valence-corrected chi connectivity index (χ0v) is 13.4. The normalized spacial score (nSPS) is 14.2. The predicted molar refractivity (Wildman–Crippen MR) is 83.4 cm³/mol. The minimum Gasteiger partial charge on any atom is -0.491 e. The van der Waals surface area contributed by atoms with Gasteiger partial charge in [0.2, 0.25) is 0 Å². The molecule has 1 aromatic carbocycles. The zero-order valence-electron chi connectivity index (χ0n) is 13.4. The van der Waals surface area contributed by atoms with Crippen molar-refractivity contribution in [2.24, 2.45) is 0 Å². The Kier molecular flexibility index (Phi) is 5.02. The van der Waals surface area contributed by atoms with Gasteiger partial charge in [-0.1, -0.05) is 17.3 Å². The van der Waals surface area contributed by atoms with Crippen LogP contribution < -0.4 is 10.1 Å². The minimum absolute atomic E-state index is 0.143. The van der Waals surface area contributed by atoms with Crippen LogP contribution in [0.2, 0.25) is 0 Å². The molecule has 0 saturated heterocycles. The molecule has 0 radical (unpaired) electrons. The van der Waals surface area contributed by atoms with Crippen LogP contribution in [0.4, 0.5) is 0 Å². The van der Waals surface area contributed by atoms with Gasteiger partial charge in [0.05, 0.1) is 12.1 Å². The highest BCUT2D eigenvalue weighted by molar-refractivity contribution is 5.29. The third-order valence-corrected chi connectivity index (χ3v) is 3.34. The molecule has 2 atom stereocenters. The maximum absolute atomic E-state index is 5.66. The third kappa shape index (κ3) is 4.33. The van der Waals surface area contributed by atoms with Gasteiger partial charge in [0.15, 0.2) is 0 Å². The van der Waals surface area contributed by atoms with Gasteiger partial charge in [0.25, 0.3) is 0 Å². The summed E-state index contributed by atoms with van der Waals surface area (Å²) in [4.78, 5) is 0. The molecule has 4 heteroatoms. The number of rotatable bonds is 6. The number of ether oxygens (including phenoxy) is 1. The van der Waals surface area contributed by atoms with Crippen LogP contribution in [0.25, 0.3) is 0 Å². The van der Waals surface area contributed by atoms with E-state index in [0.717, 1.165) is 17.2 Å². The molecule has 0 fully saturated rings. The largest absolute Gasteiger partial charge is 0.491 e. The van der Waals surface area contributed by atoms with Crippen molar-refractivity contribution in [3.8, 4) is 5.75 Å². The Labute approximate surface area is 126 Å². The highest BCUT2D eigenvalue weighted by Crippen LogP contribution is 2.22. The molecule has 0 bridgehead atoms. The Morgan fingerprint density at radius 1 is 1.05 bits per heavy atom. The Morgan fingerprint density at radius 3 is 2.24 bits per heavy atom. The molecule has 0 aliphatic heterocycles. The predicted octanol–water partition coefficient (Wildman–Crippen LogP) is 4.18. The second-order valence-electron chi connectivity index (χ2n) is 5.71. The number of aryl methyl sites for hydroxylation is 1. The average Bonchev–Trinajstić information content (AvgIpc) is 2.85. The first kappa shape index (κ1) is 15.6. The van der Waals surface area contributed by atoms with E-state index in [1.54, 1.807) is 0 Å². The number of nitrogens with one attached hydrogen (secondary N) is 1. The molecule has 21 heavy (non-hydrogen) atoms. The monoisotopic (exact) mass is 288 g/mol. The van der Waals surface area contributed by atoms with Gasteiger partial charge >= 0.3 is 0 Å². The molecule has 0 unspecified atom stereocenters. The van der Waals surface area contributed by atoms with Crippen LogP contribution in [0.1, 0.15) is 56.8 Å². The van der Waals surface area contributed by atoms with Gasteiger partial charge in [-0.05, 0) is 52.3 Å². The lowest BCUT2D eigenvalue weighted by Crippen LogP contribution is -2.22. The lowest BCUT2D eigenvalue weighted by atomic mass is 10.1. The number of benzene rings is 1. The summed E-state index contributed by atoms with van der Waals surface area (Å²) in [7, 11) is 0. The summed E-state index contributed by atoms with van der Waals surface area (Å²) in [6.07, 6.45) is 0.196. The summed E-state index contributed by atoms with van der Waals surface area (Å²) in [5.74, 6) is 1.74. The highest BCUT2D eigenvalue weighted by Gasteiger charge is 2.14. The molecule has 1 aromatic heterocycles. The van der Waals surface area contributed by atoms with Gasteiger partial charge in [0.1, 0.15) is 17.2 Å². The van der Waals surface area contributed by atoms with Crippen molar-refractivity contribution >= 4 is 0 Å². The molecule has 1 N–H and O–H groups in total. The van der Waals surface area contributed by atoms with E-state index in [-0.39, 0.29) is 18.2 Å². The van der Waals surface area contributed by atoms with E-state index in [0.29, 0.717) is 0 Å². The second kappa shape index (κ2) is 6.76. The zero-order chi connectivity index (χ0) is 15.4. The number of aromatic nitrogens is 1. The summed E-state index contributed by atoms with van der Waals surface area (Å²) in [5, 5.41) is 7.57. The Bertz CT molecular complexity index is 560. The van der Waals surface area contributed by atoms with E-state index >= 15 is 0 Å². The fraction of sp³-hybridized carbons (Fsp3) is 0.471. The molecule has 2 rings (SSSR count). The second-order valence-corrected chi connectivity index (χ2v) is 5.71. The van der Waals surface area contributed by atoms with Crippen LogP contribution in [-0.4, -0.2) is 11.3 Å². The van der Waals surface area contributed by atoms with Gasteiger partial charge in [0, 0.05) is 12.1 Å². The standard InChI is InChI=1S/C17H24N2O2/c1-11(2)20-16-8-6-15(7-9-16)13(4)18-14(5)17-10-12(3)21-19-17/h6-11,13-14,18H,1-5H3/t13-,14+/m0/s1. The maximum atomic E-state index is 5.66. The SMILES string of the molecule is Cc1cc([C@@H](C)N[C@@H](C)c2ccc(OC(C)C)cc2)no1. The third-order valence-electron chi connectivity index (χ3n) is 3.34. The molecular weight excluding hydrogens is 264 g/mol. The topological polar surface area (TPSA) is 47.3 Å². The van der Waals surface area contributed by atoms with Crippen molar-refractivity contribution in [3.63, 3.8) is 0 Å². The van der Waals surface area contributed by atoms with Crippen LogP contribution in [-0.2, 0) is 0 Å². The molecule has 1 heterocycles. The maximum Gasteiger partial charge on any atom is 0.133 e. The first-order valence-electron chi connectivity index (χ1n) is 7.41. The highest BCUT2D eigenvalue weighted by atomic mass is 16.5. The van der Waals surface area contributed by atoms with Gasteiger partial charge in [-0.15, -0.1) is 0 Å². The molecule has 0 amide bonds. The van der Waals surface area contributed by atoms with E-state index in [2.05, 4.69) is 36.5 Å². The number of nitrogens with zero attached hydrogens (tertiary/aromatic N) is 1. The van der Waals surface area contributed by atoms with Crippen molar-refractivity contribution in [2.45, 2.75) is 52.8 Å². The molecule has 0 aliphatic carbocycles. The van der Waals surface area contributed by atoms with E-state index in [1.165, 1.54) is 5.56 Å². The smallest absolute Gasteiger partial charge is 0.133 e. The lowest BCUT2D eigenvalue weighted by Gasteiger charge is -2.19. The van der Waals surface area contributed by atoms with E-state index in [4.69, 9.17) is 9.26 Å². The average molecular weight is 288 g/mol. The fourth-order valence-electron chi connectivity index (χ4n) is 2.25. The molecular formula is C17H24N2O2. The molecule has 2 aromatic rings. The lowest BCUT2D eigenvalue weighted by molar-refractivity contribution is 0.242. The first-order valence-corrected chi connectivity index (χ1v) is 7.41. The molecule has 4 nitrogen and oxygen atoms in total. The summed E-state index contributed by atoms with van der Waals surface area (Å²) in [6, 6.07) is 10.5. The van der Waals surface area contributed by atoms with E-state index < -0.39 is 0 Å². The number of hydrogen-bond acceptors (Lipinski definition) is 4. The van der Waals surface area contributed by atoms with Gasteiger partial charge in [-0.2, -0.15) is 0 Å². The first-order chi connectivity index (χ1) is 9.95. The summed E-state index contributed by atoms with van der Waals surface area (Å²) in [5.41, 5.74) is 2.15. The molecule has 0 spiro atoms. The van der Waals surface area contributed by atoms with Crippen LogP contribution >= 0.6 is 0 Å². The molecule has 0 aliphatic rings. The fourth-order valence-corrected chi connectivity index (χ4v) is 2.25. The Morgan fingerprint density at radius 2 is 1.71 bits per heavy atom. The van der Waals surface area contributed by atoms with E-state index in [9.17, 15) is 0 Å². The van der Waals surface area contributed by atoms with Gasteiger partial charge in [-0.3, -0.25) is 0 Å². The van der Waals surface area contributed by atoms with Crippen LogP contribution in [0.5, 0.6) is 5.75 Å². The van der Waals surface area contributed by atoms with Crippen LogP contribution in [0, 0.1) is 6.92 Å². The summed E-state index contributed by atoms with van der Waals surface area (Å²) in [6.45, 7) is 10.2. The van der Waals surface area contributed by atoms with Crippen LogP contribution in [0.15, 0.2) is 34.9 Å². The minimum atomic E-state index is 0.143. The Balaban J connectivity index is 1.98. The van der Waals surface area contributed by atoms with Gasteiger partial charge in [-0.25, -0.2) is 0 Å².